The standard InChI is InChI=1S/C12H4F7N5O5S/c13-10(14,11(15,16)12(17,18)19)8-21-22-9(30-8)20-7(25)5-2-1-4(23(26)27)3-6(5)24(28)29/h1-3H,(H,20,22,25). The smallest absolute Gasteiger partial charge is 0.296 e. The maximum Gasteiger partial charge on any atom is 0.460 e. The number of aromatic nitrogens is 2. The summed E-state index contributed by atoms with van der Waals surface area (Å²) in [6.07, 6.45) is -6.62. The number of nitrogens with one attached hydrogen (secondary N) is 1. The number of benzene rings is 1. The molecule has 1 aromatic heterocycles. The molecule has 0 atom stereocenters. The summed E-state index contributed by atoms with van der Waals surface area (Å²) in [6.45, 7) is 0. The van der Waals surface area contributed by atoms with Crippen LogP contribution in [-0.4, -0.2) is 38.0 Å². The van der Waals surface area contributed by atoms with Crippen LogP contribution in [0.3, 0.4) is 0 Å². The van der Waals surface area contributed by atoms with Crippen LogP contribution in [-0.2, 0) is 5.92 Å². The first kappa shape index (κ1) is 22.8. The van der Waals surface area contributed by atoms with Crippen LogP contribution in [0.25, 0.3) is 0 Å². The van der Waals surface area contributed by atoms with Gasteiger partial charge in [0.2, 0.25) is 5.13 Å². The molecule has 1 aromatic carbocycles. The predicted molar refractivity (Wildman–Crippen MR) is 82.5 cm³/mol. The molecule has 0 aliphatic carbocycles. The lowest BCUT2D eigenvalue weighted by Gasteiger charge is -2.25. The minimum Gasteiger partial charge on any atom is -0.296 e. The Bertz CT molecular complexity index is 1030. The highest BCUT2D eigenvalue weighted by molar-refractivity contribution is 7.15. The molecule has 0 unspecified atom stereocenters. The molecule has 162 valence electrons. The summed E-state index contributed by atoms with van der Waals surface area (Å²) >= 11 is -0.534. The topological polar surface area (TPSA) is 141 Å². The van der Waals surface area contributed by atoms with E-state index in [-0.39, 0.29) is 0 Å². The molecule has 2 aromatic rings. The Morgan fingerprint density at radius 1 is 1.00 bits per heavy atom. The second-order valence-electron chi connectivity index (χ2n) is 5.23. The van der Waals surface area contributed by atoms with Gasteiger partial charge in [-0.15, -0.1) is 10.2 Å². The molecule has 0 spiro atoms. The van der Waals surface area contributed by atoms with Gasteiger partial charge in [-0.25, -0.2) is 0 Å². The van der Waals surface area contributed by atoms with E-state index in [1.54, 1.807) is 5.32 Å². The van der Waals surface area contributed by atoms with Gasteiger partial charge in [-0.05, 0) is 6.07 Å². The number of nitro benzene ring substituents is 2. The van der Waals surface area contributed by atoms with E-state index in [9.17, 15) is 55.8 Å². The molecule has 0 saturated carbocycles. The molecule has 1 heterocycles. The highest BCUT2D eigenvalue weighted by Gasteiger charge is 2.75. The van der Waals surface area contributed by atoms with Crippen molar-refractivity contribution < 1.29 is 45.4 Å². The molecular formula is C12H4F7N5O5S. The number of nitrogens with zero attached hydrogens (tertiary/aromatic N) is 4. The Kier molecular flexibility index (Phi) is 5.66. The fraction of sp³-hybridized carbons (Fsp3) is 0.250. The first-order valence-corrected chi connectivity index (χ1v) is 7.81. The van der Waals surface area contributed by atoms with E-state index in [1.807, 2.05) is 0 Å². The molecule has 1 N–H and O–H groups in total. The maximum absolute atomic E-state index is 13.6. The van der Waals surface area contributed by atoms with Crippen LogP contribution in [0.15, 0.2) is 18.2 Å². The van der Waals surface area contributed by atoms with Gasteiger partial charge in [0.15, 0.2) is 5.01 Å². The lowest BCUT2D eigenvalue weighted by Crippen LogP contribution is -2.50. The zero-order valence-corrected chi connectivity index (χ0v) is 14.4. The first-order valence-electron chi connectivity index (χ1n) is 7.00. The minimum atomic E-state index is -6.62. The number of halogens is 7. The largest absolute Gasteiger partial charge is 0.460 e. The maximum atomic E-state index is 13.6. The second-order valence-corrected chi connectivity index (χ2v) is 6.21. The van der Waals surface area contributed by atoms with Gasteiger partial charge in [-0.1, -0.05) is 11.3 Å². The van der Waals surface area contributed by atoms with Crippen LogP contribution in [0.1, 0.15) is 15.4 Å². The lowest BCUT2D eigenvalue weighted by molar-refractivity contribution is -0.394. The van der Waals surface area contributed by atoms with E-state index in [4.69, 9.17) is 0 Å². The normalized spacial score (nSPS) is 12.5. The molecule has 10 nitrogen and oxygen atoms in total. The second kappa shape index (κ2) is 7.43. The SMILES string of the molecule is O=C(Nc1nnc(C(F)(F)C(F)(F)C(F)(F)F)s1)c1ccc([N+](=O)[O-])cc1[N+](=O)[O-]. The number of rotatable bonds is 6. The predicted octanol–water partition coefficient (Wildman–Crippen LogP) is 3.90. The van der Waals surface area contributed by atoms with Crippen molar-refractivity contribution in [2.75, 3.05) is 5.32 Å². The van der Waals surface area contributed by atoms with Crippen molar-refractivity contribution >= 4 is 33.8 Å². The molecule has 2 rings (SSSR count). The van der Waals surface area contributed by atoms with E-state index >= 15 is 0 Å². The van der Waals surface area contributed by atoms with E-state index < -0.39 is 72.2 Å². The summed E-state index contributed by atoms with van der Waals surface area (Å²) in [6, 6.07) is 1.75. The van der Waals surface area contributed by atoms with Crippen LogP contribution in [0, 0.1) is 20.2 Å². The van der Waals surface area contributed by atoms with Crippen molar-refractivity contribution in [3.63, 3.8) is 0 Å². The molecular weight excluding hydrogens is 459 g/mol. The number of carbonyl (C=O) groups excluding carboxylic acids is 1. The number of alkyl halides is 7. The van der Waals surface area contributed by atoms with Crippen molar-refractivity contribution in [3.05, 3.63) is 49.0 Å². The number of nitro groups is 2. The zero-order chi connectivity index (χ0) is 23.1. The van der Waals surface area contributed by atoms with Crippen molar-refractivity contribution in [2.24, 2.45) is 0 Å². The van der Waals surface area contributed by atoms with Crippen molar-refractivity contribution in [1.82, 2.24) is 10.2 Å². The van der Waals surface area contributed by atoms with Gasteiger partial charge < -0.3 is 0 Å². The lowest BCUT2D eigenvalue weighted by atomic mass is 10.1. The van der Waals surface area contributed by atoms with Crippen molar-refractivity contribution in [3.8, 4) is 0 Å². The van der Waals surface area contributed by atoms with E-state index in [0.717, 1.165) is 0 Å². The Labute approximate surface area is 162 Å². The summed E-state index contributed by atoms with van der Waals surface area (Å²) in [5, 5.41) is 25.6. The average molecular weight is 463 g/mol. The third-order valence-corrected chi connectivity index (χ3v) is 4.21. The molecule has 0 fully saturated rings. The van der Waals surface area contributed by atoms with Gasteiger partial charge in [0.05, 0.1) is 15.9 Å². The van der Waals surface area contributed by atoms with Crippen LogP contribution in [0.2, 0.25) is 0 Å². The van der Waals surface area contributed by atoms with Crippen molar-refractivity contribution in [1.29, 1.82) is 0 Å². The quantitative estimate of drug-likeness (QED) is 0.389. The molecule has 18 heteroatoms. The van der Waals surface area contributed by atoms with Gasteiger partial charge in [0.25, 0.3) is 17.3 Å². The van der Waals surface area contributed by atoms with Gasteiger partial charge >= 0.3 is 18.0 Å². The zero-order valence-electron chi connectivity index (χ0n) is 13.6. The number of hydrogen-bond donors (Lipinski definition) is 1. The molecule has 0 aliphatic rings. The highest BCUT2D eigenvalue weighted by atomic mass is 32.1. The first-order chi connectivity index (χ1) is 13.6. The Balaban J connectivity index is 2.34. The number of amides is 1. The summed E-state index contributed by atoms with van der Waals surface area (Å²) in [5.74, 6) is -13.8. The fourth-order valence-electron chi connectivity index (χ4n) is 1.85. The molecule has 1 amide bonds. The number of anilines is 1. The summed E-state index contributed by atoms with van der Waals surface area (Å²) < 4.78 is 89.8. The van der Waals surface area contributed by atoms with Crippen LogP contribution in [0.5, 0.6) is 0 Å². The van der Waals surface area contributed by atoms with Crippen LogP contribution < -0.4 is 5.32 Å². The number of carbonyl (C=O) groups is 1. The summed E-state index contributed by atoms with van der Waals surface area (Å²) in [5.41, 5.74) is -2.64. The molecule has 30 heavy (non-hydrogen) atoms. The number of hydrogen-bond acceptors (Lipinski definition) is 8. The molecule has 0 saturated heterocycles. The monoisotopic (exact) mass is 463 g/mol. The van der Waals surface area contributed by atoms with Gasteiger partial charge in [0, 0.05) is 6.07 Å². The Hall–Kier alpha value is -3.44. The van der Waals surface area contributed by atoms with E-state index in [0.29, 0.717) is 18.2 Å². The molecule has 0 radical (unpaired) electrons. The summed E-state index contributed by atoms with van der Waals surface area (Å²) in [7, 11) is 0. The number of non-ortho nitro benzene ring substituents is 1. The minimum absolute atomic E-state index is 0.415. The van der Waals surface area contributed by atoms with Crippen LogP contribution in [0.4, 0.5) is 47.2 Å². The highest BCUT2D eigenvalue weighted by Crippen LogP contribution is 2.52. The fourth-order valence-corrected chi connectivity index (χ4v) is 2.60. The third kappa shape index (κ3) is 3.98. The Morgan fingerprint density at radius 3 is 2.10 bits per heavy atom. The van der Waals surface area contributed by atoms with Crippen LogP contribution >= 0.6 is 11.3 Å². The average Bonchev–Trinajstić information content (AvgIpc) is 3.09. The van der Waals surface area contributed by atoms with Crippen molar-refractivity contribution in [2.45, 2.75) is 18.0 Å². The Morgan fingerprint density at radius 2 is 1.60 bits per heavy atom. The van der Waals surface area contributed by atoms with Gasteiger partial charge in [0.1, 0.15) is 5.56 Å². The molecule has 0 bridgehead atoms. The molecule has 0 aliphatic heterocycles. The third-order valence-electron chi connectivity index (χ3n) is 3.30. The summed E-state index contributed by atoms with van der Waals surface area (Å²) in [4.78, 5) is 31.5. The van der Waals surface area contributed by atoms with Gasteiger partial charge in [-0.3, -0.25) is 30.3 Å². The van der Waals surface area contributed by atoms with E-state index in [2.05, 4.69) is 10.2 Å². The van der Waals surface area contributed by atoms with E-state index in [1.165, 1.54) is 0 Å². The van der Waals surface area contributed by atoms with Gasteiger partial charge in [-0.2, -0.15) is 30.7 Å².